The molecule has 2 rings (SSSR count). The van der Waals surface area contributed by atoms with Crippen molar-refractivity contribution in [3.05, 3.63) is 0 Å². The zero-order valence-electron chi connectivity index (χ0n) is 13.7. The summed E-state index contributed by atoms with van der Waals surface area (Å²) in [6.07, 6.45) is 11.5. The van der Waals surface area contributed by atoms with Crippen molar-refractivity contribution in [2.75, 3.05) is 25.9 Å². The first kappa shape index (κ1) is 17.2. The van der Waals surface area contributed by atoms with Crippen molar-refractivity contribution in [2.24, 2.45) is 11.8 Å². The fourth-order valence-corrected chi connectivity index (χ4v) is 5.06. The van der Waals surface area contributed by atoms with E-state index < -0.39 is 10.0 Å². The molecule has 2 fully saturated rings. The lowest BCUT2D eigenvalue weighted by atomic mass is 9.79. The topological polar surface area (TPSA) is 49.4 Å². The third kappa shape index (κ3) is 5.22. The first-order valence-electron chi connectivity index (χ1n) is 8.69. The molecule has 0 aromatic heterocycles. The Labute approximate surface area is 130 Å². The van der Waals surface area contributed by atoms with Crippen LogP contribution in [0.5, 0.6) is 0 Å². The molecule has 2 unspecified atom stereocenters. The van der Waals surface area contributed by atoms with E-state index in [0.717, 1.165) is 31.8 Å². The molecule has 2 aliphatic rings. The summed E-state index contributed by atoms with van der Waals surface area (Å²) in [5, 5.41) is 3.69. The standard InChI is InChI=1S/C16H32N2O2S/c1-3-17-16(15-9-5-4-6-10-15)12-14-8-7-11-18(13-14)21(2,19)20/h14-17H,3-13H2,1-2H3. The number of piperidine rings is 1. The van der Waals surface area contributed by atoms with E-state index in [0.29, 0.717) is 18.5 Å². The highest BCUT2D eigenvalue weighted by molar-refractivity contribution is 7.88. The predicted molar refractivity (Wildman–Crippen MR) is 87.8 cm³/mol. The number of hydrogen-bond acceptors (Lipinski definition) is 3. The van der Waals surface area contributed by atoms with Gasteiger partial charge in [0.2, 0.25) is 10.0 Å². The van der Waals surface area contributed by atoms with Crippen LogP contribution >= 0.6 is 0 Å². The quantitative estimate of drug-likeness (QED) is 0.819. The van der Waals surface area contributed by atoms with Crippen molar-refractivity contribution in [3.63, 3.8) is 0 Å². The summed E-state index contributed by atoms with van der Waals surface area (Å²) in [6, 6.07) is 0.583. The van der Waals surface area contributed by atoms with Crippen LogP contribution < -0.4 is 5.32 Å². The maximum atomic E-state index is 11.8. The van der Waals surface area contributed by atoms with Crippen molar-refractivity contribution in [1.82, 2.24) is 9.62 Å². The fraction of sp³-hybridized carbons (Fsp3) is 1.00. The third-order valence-electron chi connectivity index (χ3n) is 5.22. The Kier molecular flexibility index (Phi) is 6.51. The van der Waals surface area contributed by atoms with Crippen molar-refractivity contribution >= 4 is 10.0 Å². The van der Waals surface area contributed by atoms with Crippen LogP contribution in [-0.2, 0) is 10.0 Å². The molecule has 5 heteroatoms. The van der Waals surface area contributed by atoms with Gasteiger partial charge in [0.1, 0.15) is 0 Å². The van der Waals surface area contributed by atoms with Gasteiger partial charge >= 0.3 is 0 Å². The lowest BCUT2D eigenvalue weighted by molar-refractivity contribution is 0.193. The zero-order valence-corrected chi connectivity index (χ0v) is 14.5. The molecule has 0 bridgehead atoms. The molecule has 2 atom stereocenters. The molecular weight excluding hydrogens is 284 g/mol. The van der Waals surface area contributed by atoms with Crippen LogP contribution in [0.2, 0.25) is 0 Å². The molecule has 0 aromatic carbocycles. The molecule has 1 saturated heterocycles. The highest BCUT2D eigenvalue weighted by atomic mass is 32.2. The SMILES string of the molecule is CCNC(CC1CCCN(S(C)(=O)=O)C1)C1CCCCC1. The van der Waals surface area contributed by atoms with Gasteiger partial charge in [-0.3, -0.25) is 0 Å². The van der Waals surface area contributed by atoms with Gasteiger partial charge < -0.3 is 5.32 Å². The molecule has 21 heavy (non-hydrogen) atoms. The summed E-state index contributed by atoms with van der Waals surface area (Å²) < 4.78 is 25.2. The molecule has 1 N–H and O–H groups in total. The Morgan fingerprint density at radius 3 is 2.48 bits per heavy atom. The number of hydrogen-bond donors (Lipinski definition) is 1. The number of sulfonamides is 1. The van der Waals surface area contributed by atoms with Gasteiger partial charge in [0.15, 0.2) is 0 Å². The zero-order chi connectivity index (χ0) is 15.3. The molecule has 1 aliphatic heterocycles. The van der Waals surface area contributed by atoms with Crippen molar-refractivity contribution in [1.29, 1.82) is 0 Å². The van der Waals surface area contributed by atoms with Crippen LogP contribution in [0.15, 0.2) is 0 Å². The van der Waals surface area contributed by atoms with Gasteiger partial charge in [-0.05, 0) is 50.5 Å². The minimum Gasteiger partial charge on any atom is -0.314 e. The van der Waals surface area contributed by atoms with Crippen LogP contribution in [0.25, 0.3) is 0 Å². The van der Waals surface area contributed by atoms with Crippen molar-refractivity contribution in [2.45, 2.75) is 64.3 Å². The maximum absolute atomic E-state index is 11.8. The summed E-state index contributed by atoms with van der Waals surface area (Å²) in [7, 11) is -3.02. The van der Waals surface area contributed by atoms with Crippen LogP contribution in [-0.4, -0.2) is 44.7 Å². The minimum absolute atomic E-state index is 0.527. The molecule has 124 valence electrons. The molecule has 0 aromatic rings. The molecule has 0 amide bonds. The number of nitrogens with zero attached hydrogens (tertiary/aromatic N) is 1. The average Bonchev–Trinajstić information content (AvgIpc) is 2.47. The number of rotatable bonds is 6. The summed E-state index contributed by atoms with van der Waals surface area (Å²) in [5.74, 6) is 1.33. The predicted octanol–water partition coefficient (Wildman–Crippen LogP) is 2.61. The Balaban J connectivity index is 1.92. The largest absolute Gasteiger partial charge is 0.314 e. The lowest BCUT2D eigenvalue weighted by Crippen LogP contribution is -2.44. The summed E-state index contributed by atoms with van der Waals surface area (Å²) in [4.78, 5) is 0. The van der Waals surface area contributed by atoms with E-state index in [-0.39, 0.29) is 0 Å². The highest BCUT2D eigenvalue weighted by Gasteiger charge is 2.30. The second kappa shape index (κ2) is 7.93. The fourth-order valence-electron chi connectivity index (χ4n) is 4.12. The van der Waals surface area contributed by atoms with E-state index in [9.17, 15) is 8.42 Å². The Bertz CT molecular complexity index is 405. The van der Waals surface area contributed by atoms with E-state index in [4.69, 9.17) is 0 Å². The van der Waals surface area contributed by atoms with Crippen LogP contribution in [0.1, 0.15) is 58.3 Å². The molecule has 0 spiro atoms. The molecule has 1 heterocycles. The maximum Gasteiger partial charge on any atom is 0.211 e. The average molecular weight is 317 g/mol. The summed E-state index contributed by atoms with van der Waals surface area (Å²) in [6.45, 7) is 4.64. The first-order valence-corrected chi connectivity index (χ1v) is 10.5. The smallest absolute Gasteiger partial charge is 0.211 e. The Hall–Kier alpha value is -0.130. The Morgan fingerprint density at radius 1 is 1.14 bits per heavy atom. The van der Waals surface area contributed by atoms with E-state index in [1.54, 1.807) is 4.31 Å². The molecule has 1 saturated carbocycles. The monoisotopic (exact) mass is 316 g/mol. The minimum atomic E-state index is -3.02. The highest BCUT2D eigenvalue weighted by Crippen LogP contribution is 2.31. The third-order valence-corrected chi connectivity index (χ3v) is 6.49. The normalized spacial score (nSPS) is 27.6. The van der Waals surface area contributed by atoms with Gasteiger partial charge in [0.25, 0.3) is 0 Å². The van der Waals surface area contributed by atoms with Gasteiger partial charge in [0.05, 0.1) is 6.26 Å². The molecular formula is C16H32N2O2S. The van der Waals surface area contributed by atoms with Crippen molar-refractivity contribution in [3.8, 4) is 0 Å². The summed E-state index contributed by atoms with van der Waals surface area (Å²) >= 11 is 0. The van der Waals surface area contributed by atoms with Crippen LogP contribution in [0, 0.1) is 11.8 Å². The first-order chi connectivity index (χ1) is 10.0. The van der Waals surface area contributed by atoms with Gasteiger partial charge in [-0.1, -0.05) is 26.2 Å². The van der Waals surface area contributed by atoms with Gasteiger partial charge in [-0.25, -0.2) is 12.7 Å². The molecule has 0 radical (unpaired) electrons. The van der Waals surface area contributed by atoms with Gasteiger partial charge in [-0.15, -0.1) is 0 Å². The molecule has 4 nitrogen and oxygen atoms in total. The molecule has 1 aliphatic carbocycles. The number of nitrogens with one attached hydrogen (secondary N) is 1. The Morgan fingerprint density at radius 2 is 1.86 bits per heavy atom. The van der Waals surface area contributed by atoms with E-state index in [2.05, 4.69) is 12.2 Å². The summed E-state index contributed by atoms with van der Waals surface area (Å²) in [5.41, 5.74) is 0. The van der Waals surface area contributed by atoms with Crippen LogP contribution in [0.3, 0.4) is 0 Å². The van der Waals surface area contributed by atoms with Crippen LogP contribution in [0.4, 0.5) is 0 Å². The van der Waals surface area contributed by atoms with E-state index in [1.165, 1.54) is 44.8 Å². The second-order valence-electron chi connectivity index (χ2n) is 6.93. The second-order valence-corrected chi connectivity index (χ2v) is 8.91. The van der Waals surface area contributed by atoms with Crippen molar-refractivity contribution < 1.29 is 8.42 Å². The van der Waals surface area contributed by atoms with E-state index in [1.807, 2.05) is 0 Å². The van der Waals surface area contributed by atoms with Gasteiger partial charge in [0, 0.05) is 19.1 Å². The lowest BCUT2D eigenvalue weighted by Gasteiger charge is -2.37. The van der Waals surface area contributed by atoms with Gasteiger partial charge in [-0.2, -0.15) is 0 Å². The van der Waals surface area contributed by atoms with E-state index >= 15 is 0 Å².